The molecule has 1 saturated heterocycles. The molecule has 0 aliphatic carbocycles. The summed E-state index contributed by atoms with van der Waals surface area (Å²) < 4.78 is 10.6. The molecular weight excluding hydrogens is 144 g/mol. The van der Waals surface area contributed by atoms with Gasteiger partial charge in [0.1, 0.15) is 0 Å². The third kappa shape index (κ3) is 2.41. The molecule has 3 N–H and O–H groups in total. The van der Waals surface area contributed by atoms with E-state index < -0.39 is 5.79 Å². The summed E-state index contributed by atoms with van der Waals surface area (Å²) in [7, 11) is 1.85. The molecule has 1 rings (SSSR count). The van der Waals surface area contributed by atoms with Gasteiger partial charge in [-0.2, -0.15) is 0 Å². The number of nitrogens with one attached hydrogen (secondary N) is 1. The van der Waals surface area contributed by atoms with Crippen LogP contribution in [0.2, 0.25) is 0 Å². The fraction of sp³-hybridized carbons (Fsp3) is 1.00. The summed E-state index contributed by atoms with van der Waals surface area (Å²) >= 11 is 0. The molecule has 4 nitrogen and oxygen atoms in total. The highest BCUT2D eigenvalue weighted by Crippen LogP contribution is 2.16. The predicted molar refractivity (Wildman–Crippen MR) is 44.3 cm³/mol. The molecule has 1 heterocycles. The minimum atomic E-state index is -0.547. The molecule has 0 amide bonds. The van der Waals surface area contributed by atoms with Crippen LogP contribution >= 0.6 is 0 Å². The van der Waals surface area contributed by atoms with E-state index in [1.54, 1.807) is 0 Å². The van der Waals surface area contributed by atoms with Gasteiger partial charge in [0.15, 0.2) is 5.79 Å². The van der Waals surface area contributed by atoms with Crippen molar-refractivity contribution in [1.82, 2.24) is 5.32 Å². The summed E-state index contributed by atoms with van der Waals surface area (Å²) in [6.45, 7) is 2.37. The largest absolute Gasteiger partial charge is 0.345 e. The van der Waals surface area contributed by atoms with Gasteiger partial charge in [0.2, 0.25) is 0 Å². The Morgan fingerprint density at radius 1 is 1.45 bits per heavy atom. The molecule has 4 heteroatoms. The van der Waals surface area contributed by atoms with Gasteiger partial charge in [-0.1, -0.05) is 7.43 Å². The van der Waals surface area contributed by atoms with Crippen LogP contribution in [0, 0.1) is 0 Å². The highest BCUT2D eigenvalue weighted by Gasteiger charge is 2.33. The summed E-state index contributed by atoms with van der Waals surface area (Å²) in [5.41, 5.74) is 5.46. The van der Waals surface area contributed by atoms with E-state index in [9.17, 15) is 0 Å². The lowest BCUT2D eigenvalue weighted by Gasteiger charge is -2.24. The number of hydrogen-bond donors (Lipinski definition) is 2. The van der Waals surface area contributed by atoms with E-state index in [0.29, 0.717) is 26.3 Å². The Bertz CT molecular complexity index is 103. The number of likely N-dealkylation sites (N-methyl/N-ethyl adjacent to an activating group) is 1. The Labute approximate surface area is 68.0 Å². The van der Waals surface area contributed by atoms with Gasteiger partial charge in [0.25, 0.3) is 0 Å². The molecule has 0 spiro atoms. The Balaban J connectivity index is 0.000001000. The summed E-state index contributed by atoms with van der Waals surface area (Å²) in [6.07, 6.45) is 0. The van der Waals surface area contributed by atoms with Gasteiger partial charge < -0.3 is 20.5 Å². The average Bonchev–Trinajstić information content (AvgIpc) is 2.39. The third-order valence-electron chi connectivity index (χ3n) is 1.57. The fourth-order valence-electron chi connectivity index (χ4n) is 1.06. The Kier molecular flexibility index (Phi) is 4.60. The van der Waals surface area contributed by atoms with E-state index in [1.165, 1.54) is 0 Å². The number of rotatable bonds is 3. The van der Waals surface area contributed by atoms with Crippen LogP contribution < -0.4 is 11.1 Å². The van der Waals surface area contributed by atoms with E-state index in [1.807, 2.05) is 7.05 Å². The molecule has 0 radical (unpaired) electrons. The van der Waals surface area contributed by atoms with Gasteiger partial charge in [-0.15, -0.1) is 0 Å². The predicted octanol–water partition coefficient (Wildman–Crippen LogP) is -0.456. The smallest absolute Gasteiger partial charge is 0.193 e. The molecule has 0 aromatic rings. The van der Waals surface area contributed by atoms with Gasteiger partial charge >= 0.3 is 0 Å². The van der Waals surface area contributed by atoms with Gasteiger partial charge in [-0.25, -0.2) is 0 Å². The lowest BCUT2D eigenvalue weighted by Crippen LogP contribution is -2.46. The molecule has 0 saturated carbocycles. The first-order valence-corrected chi connectivity index (χ1v) is 3.45. The molecular formula is C7H18N2O2. The normalized spacial score (nSPS) is 21.3. The summed E-state index contributed by atoms with van der Waals surface area (Å²) in [5, 5.41) is 2.97. The number of hydrogen-bond acceptors (Lipinski definition) is 4. The Morgan fingerprint density at radius 3 is 2.36 bits per heavy atom. The van der Waals surface area contributed by atoms with Crippen LogP contribution in [0.4, 0.5) is 0 Å². The Hall–Kier alpha value is -0.160. The maximum atomic E-state index is 5.46. The molecule has 0 unspecified atom stereocenters. The fourth-order valence-corrected chi connectivity index (χ4v) is 1.06. The first-order chi connectivity index (χ1) is 4.83. The first-order valence-electron chi connectivity index (χ1n) is 3.45. The van der Waals surface area contributed by atoms with Crippen LogP contribution in [0.5, 0.6) is 0 Å². The van der Waals surface area contributed by atoms with Gasteiger partial charge in [0, 0.05) is 6.54 Å². The van der Waals surface area contributed by atoms with E-state index in [2.05, 4.69) is 5.32 Å². The van der Waals surface area contributed by atoms with Crippen molar-refractivity contribution in [2.75, 3.05) is 33.4 Å². The standard InChI is InChI=1S/C6H14N2O2.CH4/c1-8-5-6(4-7)9-2-3-10-6;/h8H,2-5,7H2,1H3;1H4. The van der Waals surface area contributed by atoms with Gasteiger partial charge in [-0.05, 0) is 7.05 Å². The Morgan fingerprint density at radius 2 is 2.00 bits per heavy atom. The maximum Gasteiger partial charge on any atom is 0.193 e. The number of ether oxygens (including phenoxy) is 2. The second-order valence-electron chi connectivity index (χ2n) is 2.34. The molecule has 11 heavy (non-hydrogen) atoms. The molecule has 0 atom stereocenters. The highest BCUT2D eigenvalue weighted by molar-refractivity contribution is 4.76. The summed E-state index contributed by atoms with van der Waals surface area (Å²) in [4.78, 5) is 0. The van der Waals surface area contributed by atoms with Gasteiger partial charge in [-0.3, -0.25) is 0 Å². The van der Waals surface area contributed by atoms with Crippen LogP contribution in [0.3, 0.4) is 0 Å². The van der Waals surface area contributed by atoms with Crippen molar-refractivity contribution in [3.8, 4) is 0 Å². The van der Waals surface area contributed by atoms with E-state index in [-0.39, 0.29) is 7.43 Å². The molecule has 1 aliphatic heterocycles. The van der Waals surface area contributed by atoms with Crippen molar-refractivity contribution in [2.24, 2.45) is 5.73 Å². The van der Waals surface area contributed by atoms with Crippen molar-refractivity contribution < 1.29 is 9.47 Å². The van der Waals surface area contributed by atoms with Crippen molar-refractivity contribution in [3.63, 3.8) is 0 Å². The molecule has 0 aromatic heterocycles. The van der Waals surface area contributed by atoms with E-state index in [0.717, 1.165) is 0 Å². The molecule has 1 fully saturated rings. The lowest BCUT2D eigenvalue weighted by atomic mass is 10.3. The van der Waals surface area contributed by atoms with Crippen molar-refractivity contribution in [3.05, 3.63) is 0 Å². The minimum absolute atomic E-state index is 0. The molecule has 1 aliphatic rings. The molecule has 0 aromatic carbocycles. The molecule has 68 valence electrons. The quantitative estimate of drug-likeness (QED) is 0.590. The summed E-state index contributed by atoms with van der Waals surface area (Å²) in [5.74, 6) is -0.547. The van der Waals surface area contributed by atoms with Crippen molar-refractivity contribution in [2.45, 2.75) is 13.2 Å². The van der Waals surface area contributed by atoms with Crippen LogP contribution in [0.15, 0.2) is 0 Å². The zero-order chi connectivity index (χ0) is 7.45. The molecule has 0 bridgehead atoms. The monoisotopic (exact) mass is 162 g/mol. The van der Waals surface area contributed by atoms with Crippen LogP contribution in [-0.4, -0.2) is 39.1 Å². The maximum absolute atomic E-state index is 5.46. The SMILES string of the molecule is C.CNCC1(CN)OCCO1. The topological polar surface area (TPSA) is 56.5 Å². The van der Waals surface area contributed by atoms with E-state index in [4.69, 9.17) is 15.2 Å². The zero-order valence-electron chi connectivity index (χ0n) is 6.22. The van der Waals surface area contributed by atoms with Crippen LogP contribution in [0.25, 0.3) is 0 Å². The van der Waals surface area contributed by atoms with Crippen molar-refractivity contribution >= 4 is 0 Å². The second kappa shape index (κ2) is 4.66. The zero-order valence-corrected chi connectivity index (χ0v) is 6.22. The summed E-state index contributed by atoms with van der Waals surface area (Å²) in [6, 6.07) is 0. The highest BCUT2D eigenvalue weighted by atomic mass is 16.7. The van der Waals surface area contributed by atoms with Crippen LogP contribution in [0.1, 0.15) is 7.43 Å². The van der Waals surface area contributed by atoms with E-state index >= 15 is 0 Å². The number of nitrogens with two attached hydrogens (primary N) is 1. The van der Waals surface area contributed by atoms with Crippen molar-refractivity contribution in [1.29, 1.82) is 0 Å². The van der Waals surface area contributed by atoms with Crippen LogP contribution in [-0.2, 0) is 9.47 Å². The second-order valence-corrected chi connectivity index (χ2v) is 2.34. The lowest BCUT2D eigenvalue weighted by molar-refractivity contribution is -0.144. The average molecular weight is 162 g/mol. The first kappa shape index (κ1) is 10.8. The third-order valence-corrected chi connectivity index (χ3v) is 1.57. The minimum Gasteiger partial charge on any atom is -0.345 e. The van der Waals surface area contributed by atoms with Gasteiger partial charge in [0.05, 0.1) is 19.8 Å².